The number of carbonyl (C=O) groups is 3. The molecule has 2 amide bonds. The molecular weight excluding hydrogens is 356 g/mol. The zero-order chi connectivity index (χ0) is 18.9. The number of halogens is 1. The summed E-state index contributed by atoms with van der Waals surface area (Å²) in [5, 5.41) is 5.92. The SMILES string of the molecule is CC(=O)Nc1ccc(OC(=O)CCCNC(=O)c2ccc(Cl)cc2)cc1. The average Bonchev–Trinajstić information content (AvgIpc) is 2.60. The Hall–Kier alpha value is -2.86. The van der Waals surface area contributed by atoms with Crippen LogP contribution >= 0.6 is 11.6 Å². The Balaban J connectivity index is 1.69. The minimum absolute atomic E-state index is 0.171. The van der Waals surface area contributed by atoms with Gasteiger partial charge in [-0.2, -0.15) is 0 Å². The van der Waals surface area contributed by atoms with Crippen LogP contribution in [0.5, 0.6) is 5.75 Å². The zero-order valence-electron chi connectivity index (χ0n) is 14.3. The maximum atomic E-state index is 11.9. The van der Waals surface area contributed by atoms with Crippen LogP contribution < -0.4 is 15.4 Å². The third kappa shape index (κ3) is 6.57. The second-order valence-electron chi connectivity index (χ2n) is 5.55. The first-order chi connectivity index (χ1) is 12.4. The van der Waals surface area contributed by atoms with Crippen molar-refractivity contribution >= 4 is 35.1 Å². The fourth-order valence-electron chi connectivity index (χ4n) is 2.13. The summed E-state index contributed by atoms with van der Waals surface area (Å²) in [5.74, 6) is -0.383. The van der Waals surface area contributed by atoms with Gasteiger partial charge in [0.25, 0.3) is 5.91 Å². The summed E-state index contributed by atoms with van der Waals surface area (Å²) < 4.78 is 5.20. The second-order valence-corrected chi connectivity index (χ2v) is 5.98. The molecule has 2 aromatic carbocycles. The Morgan fingerprint density at radius 2 is 1.65 bits per heavy atom. The van der Waals surface area contributed by atoms with E-state index in [1.165, 1.54) is 6.92 Å². The van der Waals surface area contributed by atoms with Crippen molar-refractivity contribution in [3.05, 3.63) is 59.1 Å². The van der Waals surface area contributed by atoms with Crippen molar-refractivity contribution < 1.29 is 19.1 Å². The number of hydrogen-bond acceptors (Lipinski definition) is 4. The third-order valence-corrected chi connectivity index (χ3v) is 3.61. The van der Waals surface area contributed by atoms with Crippen molar-refractivity contribution in [1.29, 1.82) is 0 Å². The molecule has 0 spiro atoms. The van der Waals surface area contributed by atoms with Crippen LogP contribution in [0.1, 0.15) is 30.1 Å². The Morgan fingerprint density at radius 1 is 1.00 bits per heavy atom. The van der Waals surface area contributed by atoms with E-state index in [0.717, 1.165) is 0 Å². The van der Waals surface area contributed by atoms with E-state index in [9.17, 15) is 14.4 Å². The molecule has 0 aliphatic heterocycles. The van der Waals surface area contributed by atoms with Crippen LogP contribution in [0.4, 0.5) is 5.69 Å². The zero-order valence-corrected chi connectivity index (χ0v) is 15.0. The van der Waals surface area contributed by atoms with Gasteiger partial charge in [0.2, 0.25) is 5.91 Å². The van der Waals surface area contributed by atoms with E-state index >= 15 is 0 Å². The molecule has 0 atom stereocenters. The Kier molecular flexibility index (Phi) is 7.17. The molecule has 0 radical (unpaired) electrons. The average molecular weight is 375 g/mol. The number of ether oxygens (including phenoxy) is 1. The van der Waals surface area contributed by atoms with Gasteiger partial charge in [0.1, 0.15) is 5.75 Å². The van der Waals surface area contributed by atoms with Gasteiger partial charge < -0.3 is 15.4 Å². The van der Waals surface area contributed by atoms with Crippen molar-refractivity contribution in [2.45, 2.75) is 19.8 Å². The summed E-state index contributed by atoms with van der Waals surface area (Å²) in [6, 6.07) is 13.1. The summed E-state index contributed by atoms with van der Waals surface area (Å²) in [6.07, 6.45) is 0.635. The maximum Gasteiger partial charge on any atom is 0.311 e. The molecule has 2 aromatic rings. The number of benzene rings is 2. The van der Waals surface area contributed by atoms with Gasteiger partial charge >= 0.3 is 5.97 Å². The van der Waals surface area contributed by atoms with Crippen molar-refractivity contribution in [2.75, 3.05) is 11.9 Å². The highest BCUT2D eigenvalue weighted by atomic mass is 35.5. The van der Waals surface area contributed by atoms with E-state index in [0.29, 0.717) is 35.0 Å². The molecule has 0 heterocycles. The van der Waals surface area contributed by atoms with Crippen LogP contribution in [-0.4, -0.2) is 24.3 Å². The normalized spacial score (nSPS) is 10.1. The molecule has 2 N–H and O–H groups in total. The number of amides is 2. The molecule has 0 aliphatic carbocycles. The van der Waals surface area contributed by atoms with E-state index < -0.39 is 5.97 Å². The molecule has 0 aromatic heterocycles. The van der Waals surface area contributed by atoms with Gasteiger partial charge in [-0.25, -0.2) is 0 Å². The summed E-state index contributed by atoms with van der Waals surface area (Å²) in [7, 11) is 0. The minimum Gasteiger partial charge on any atom is -0.427 e. The number of rotatable bonds is 7. The number of esters is 1. The van der Waals surface area contributed by atoms with Gasteiger partial charge in [-0.3, -0.25) is 14.4 Å². The molecular formula is C19H19ClN2O4. The van der Waals surface area contributed by atoms with E-state index in [1.807, 2.05) is 0 Å². The largest absolute Gasteiger partial charge is 0.427 e. The molecule has 0 unspecified atom stereocenters. The lowest BCUT2D eigenvalue weighted by Gasteiger charge is -2.07. The van der Waals surface area contributed by atoms with Gasteiger partial charge in [0.15, 0.2) is 0 Å². The molecule has 6 nitrogen and oxygen atoms in total. The highest BCUT2D eigenvalue weighted by Gasteiger charge is 2.07. The fourth-order valence-corrected chi connectivity index (χ4v) is 2.26. The van der Waals surface area contributed by atoms with Crippen molar-refractivity contribution in [1.82, 2.24) is 5.32 Å². The van der Waals surface area contributed by atoms with Gasteiger partial charge in [-0.05, 0) is 55.0 Å². The first-order valence-electron chi connectivity index (χ1n) is 8.06. The van der Waals surface area contributed by atoms with Crippen LogP contribution in [-0.2, 0) is 9.59 Å². The van der Waals surface area contributed by atoms with Crippen molar-refractivity contribution in [3.8, 4) is 5.75 Å². The molecule has 7 heteroatoms. The lowest BCUT2D eigenvalue weighted by atomic mass is 10.2. The van der Waals surface area contributed by atoms with Gasteiger partial charge in [0.05, 0.1) is 0 Å². The smallest absolute Gasteiger partial charge is 0.311 e. The van der Waals surface area contributed by atoms with Crippen molar-refractivity contribution in [3.63, 3.8) is 0 Å². The summed E-state index contributed by atoms with van der Waals surface area (Å²) in [4.78, 5) is 34.7. The quantitative estimate of drug-likeness (QED) is 0.442. The lowest BCUT2D eigenvalue weighted by Crippen LogP contribution is -2.25. The van der Waals surface area contributed by atoms with E-state index in [1.54, 1.807) is 48.5 Å². The first-order valence-corrected chi connectivity index (χ1v) is 8.44. The second kappa shape index (κ2) is 9.58. The lowest BCUT2D eigenvalue weighted by molar-refractivity contribution is -0.134. The molecule has 0 saturated heterocycles. The minimum atomic E-state index is -0.391. The third-order valence-electron chi connectivity index (χ3n) is 3.36. The van der Waals surface area contributed by atoms with Gasteiger partial charge in [-0.1, -0.05) is 11.6 Å². The predicted molar refractivity (Wildman–Crippen MR) is 99.4 cm³/mol. The summed E-state index contributed by atoms with van der Waals surface area (Å²) in [6.45, 7) is 1.78. The summed E-state index contributed by atoms with van der Waals surface area (Å²) >= 11 is 5.77. The highest BCUT2D eigenvalue weighted by molar-refractivity contribution is 6.30. The standard InChI is InChI=1S/C19H19ClN2O4/c1-13(23)22-16-8-10-17(11-9-16)26-18(24)3-2-12-21-19(25)14-4-6-15(20)7-5-14/h4-11H,2-3,12H2,1H3,(H,21,25)(H,22,23). The Morgan fingerprint density at radius 3 is 2.27 bits per heavy atom. The molecule has 0 aliphatic rings. The van der Waals surface area contributed by atoms with Crippen LogP contribution in [0, 0.1) is 0 Å². The molecule has 2 rings (SSSR count). The molecule has 0 bridgehead atoms. The fraction of sp³-hybridized carbons (Fsp3) is 0.211. The summed E-state index contributed by atoms with van der Waals surface area (Å²) in [5.41, 5.74) is 1.14. The van der Waals surface area contributed by atoms with Gasteiger partial charge in [0, 0.05) is 36.2 Å². The van der Waals surface area contributed by atoms with Crippen LogP contribution in [0.3, 0.4) is 0 Å². The van der Waals surface area contributed by atoms with E-state index in [2.05, 4.69) is 10.6 Å². The Labute approximate surface area is 156 Å². The van der Waals surface area contributed by atoms with Crippen molar-refractivity contribution in [2.24, 2.45) is 0 Å². The molecule has 136 valence electrons. The van der Waals surface area contributed by atoms with E-state index in [4.69, 9.17) is 16.3 Å². The first kappa shape index (κ1) is 19.5. The topological polar surface area (TPSA) is 84.5 Å². The number of carbonyl (C=O) groups excluding carboxylic acids is 3. The van der Waals surface area contributed by atoms with Crippen LogP contribution in [0.2, 0.25) is 5.02 Å². The molecule has 0 saturated carbocycles. The van der Waals surface area contributed by atoms with Crippen LogP contribution in [0.15, 0.2) is 48.5 Å². The number of hydrogen-bond donors (Lipinski definition) is 2. The highest BCUT2D eigenvalue weighted by Crippen LogP contribution is 2.16. The Bertz CT molecular complexity index is 773. The predicted octanol–water partition coefficient (Wildman–Crippen LogP) is 3.41. The monoisotopic (exact) mass is 374 g/mol. The number of nitrogens with one attached hydrogen (secondary N) is 2. The molecule has 26 heavy (non-hydrogen) atoms. The van der Waals surface area contributed by atoms with Gasteiger partial charge in [-0.15, -0.1) is 0 Å². The molecule has 0 fully saturated rings. The number of anilines is 1. The van der Waals surface area contributed by atoms with Crippen LogP contribution in [0.25, 0.3) is 0 Å². The van der Waals surface area contributed by atoms with E-state index in [-0.39, 0.29) is 18.2 Å². The maximum absolute atomic E-state index is 11.9.